The molecule has 0 aliphatic rings. The van der Waals surface area contributed by atoms with Crippen LogP contribution in [-0.2, 0) is 4.74 Å². The van der Waals surface area contributed by atoms with Crippen LogP contribution < -0.4 is 16.0 Å². The van der Waals surface area contributed by atoms with Crippen LogP contribution in [0.5, 0.6) is 0 Å². The Labute approximate surface area is 161 Å². The molecule has 0 saturated heterocycles. The van der Waals surface area contributed by atoms with Crippen molar-refractivity contribution in [3.63, 3.8) is 0 Å². The van der Waals surface area contributed by atoms with Crippen molar-refractivity contribution in [2.75, 3.05) is 39.4 Å². The van der Waals surface area contributed by atoms with Gasteiger partial charge in [-0.25, -0.2) is 0 Å². The second-order valence-electron chi connectivity index (χ2n) is 4.93. The number of nitrogens with zero attached hydrogens (tertiary/aromatic N) is 1. The highest BCUT2D eigenvalue weighted by Crippen LogP contribution is 2.07. The SMILES string of the molecule is CCNC(=NCCCNC(=O)c1occc1C)NCCOCC.I. The van der Waals surface area contributed by atoms with Gasteiger partial charge in [0.25, 0.3) is 5.91 Å². The van der Waals surface area contributed by atoms with Gasteiger partial charge in [-0.05, 0) is 33.3 Å². The van der Waals surface area contributed by atoms with Gasteiger partial charge in [0.15, 0.2) is 11.7 Å². The fourth-order valence-electron chi connectivity index (χ4n) is 1.89. The van der Waals surface area contributed by atoms with Crippen LogP contribution in [0.25, 0.3) is 0 Å². The first-order chi connectivity index (χ1) is 11.2. The number of nitrogens with one attached hydrogen (secondary N) is 3. The molecule has 3 N–H and O–H groups in total. The molecule has 1 aromatic rings. The Kier molecular flexibility index (Phi) is 13.3. The van der Waals surface area contributed by atoms with Gasteiger partial charge in [-0.15, -0.1) is 24.0 Å². The minimum atomic E-state index is -0.182. The van der Waals surface area contributed by atoms with Crippen LogP contribution in [0.2, 0.25) is 0 Å². The molecule has 0 bridgehead atoms. The number of rotatable bonds is 10. The van der Waals surface area contributed by atoms with Gasteiger partial charge < -0.3 is 25.1 Å². The lowest BCUT2D eigenvalue weighted by molar-refractivity contribution is 0.0925. The first-order valence-electron chi connectivity index (χ1n) is 8.11. The van der Waals surface area contributed by atoms with Crippen LogP contribution in [0, 0.1) is 6.92 Å². The van der Waals surface area contributed by atoms with Gasteiger partial charge in [-0.3, -0.25) is 9.79 Å². The van der Waals surface area contributed by atoms with Crippen molar-refractivity contribution in [2.45, 2.75) is 27.2 Å². The average molecular weight is 452 g/mol. The highest BCUT2D eigenvalue weighted by atomic mass is 127. The molecule has 1 amide bonds. The number of guanidine groups is 1. The normalized spacial score (nSPS) is 10.9. The molecule has 0 aliphatic heterocycles. The number of furan rings is 1. The topological polar surface area (TPSA) is 87.9 Å². The molecule has 0 saturated carbocycles. The summed E-state index contributed by atoms with van der Waals surface area (Å²) in [5.74, 6) is 0.957. The zero-order chi connectivity index (χ0) is 16.9. The largest absolute Gasteiger partial charge is 0.459 e. The van der Waals surface area contributed by atoms with Crippen LogP contribution >= 0.6 is 24.0 Å². The number of ether oxygens (including phenoxy) is 1. The fourth-order valence-corrected chi connectivity index (χ4v) is 1.89. The Morgan fingerprint density at radius 2 is 2.04 bits per heavy atom. The number of aryl methyl sites for hydroxylation is 1. The Bertz CT molecular complexity index is 491. The Morgan fingerprint density at radius 3 is 2.67 bits per heavy atom. The van der Waals surface area contributed by atoms with Crippen LogP contribution in [0.1, 0.15) is 36.4 Å². The monoisotopic (exact) mass is 452 g/mol. The van der Waals surface area contributed by atoms with Crippen molar-refractivity contribution in [2.24, 2.45) is 4.99 Å². The molecular formula is C16H29IN4O3. The molecule has 0 unspecified atom stereocenters. The Hall–Kier alpha value is -1.29. The lowest BCUT2D eigenvalue weighted by atomic mass is 10.2. The van der Waals surface area contributed by atoms with E-state index in [0.717, 1.165) is 24.5 Å². The number of carbonyl (C=O) groups is 1. The van der Waals surface area contributed by atoms with Gasteiger partial charge in [-0.1, -0.05) is 0 Å². The quantitative estimate of drug-likeness (QED) is 0.219. The minimum absolute atomic E-state index is 0. The summed E-state index contributed by atoms with van der Waals surface area (Å²) in [6, 6.07) is 1.77. The number of hydrogen-bond acceptors (Lipinski definition) is 4. The lowest BCUT2D eigenvalue weighted by Crippen LogP contribution is -2.39. The van der Waals surface area contributed by atoms with Crippen LogP contribution in [0.15, 0.2) is 21.7 Å². The van der Waals surface area contributed by atoms with Crippen LogP contribution in [0.3, 0.4) is 0 Å². The van der Waals surface area contributed by atoms with Crippen LogP contribution in [0.4, 0.5) is 0 Å². The van der Waals surface area contributed by atoms with Crippen molar-refractivity contribution < 1.29 is 13.9 Å². The third kappa shape index (κ3) is 9.11. The van der Waals surface area contributed by atoms with Crippen molar-refractivity contribution in [3.8, 4) is 0 Å². The lowest BCUT2D eigenvalue weighted by Gasteiger charge is -2.11. The highest BCUT2D eigenvalue weighted by molar-refractivity contribution is 14.0. The van der Waals surface area contributed by atoms with E-state index >= 15 is 0 Å². The Morgan fingerprint density at radius 1 is 1.25 bits per heavy atom. The predicted octanol–water partition coefficient (Wildman–Crippen LogP) is 1.92. The van der Waals surface area contributed by atoms with E-state index in [0.29, 0.717) is 38.6 Å². The molecule has 8 heteroatoms. The second-order valence-corrected chi connectivity index (χ2v) is 4.93. The Balaban J connectivity index is 0.00000529. The summed E-state index contributed by atoms with van der Waals surface area (Å²) < 4.78 is 10.4. The molecule has 0 aliphatic carbocycles. The number of aliphatic imine (C=N–C) groups is 1. The van der Waals surface area contributed by atoms with E-state index < -0.39 is 0 Å². The van der Waals surface area contributed by atoms with Gasteiger partial charge in [0, 0.05) is 38.3 Å². The summed E-state index contributed by atoms with van der Waals surface area (Å²) in [6.45, 7) is 9.90. The fraction of sp³-hybridized carbons (Fsp3) is 0.625. The zero-order valence-electron chi connectivity index (χ0n) is 14.7. The number of carbonyl (C=O) groups excluding carboxylic acids is 1. The molecule has 0 spiro atoms. The van der Waals surface area contributed by atoms with E-state index in [1.807, 2.05) is 20.8 Å². The number of hydrogen-bond donors (Lipinski definition) is 3. The minimum Gasteiger partial charge on any atom is -0.459 e. The zero-order valence-corrected chi connectivity index (χ0v) is 17.0. The molecule has 0 atom stereocenters. The van der Waals surface area contributed by atoms with Crippen molar-refractivity contribution in [3.05, 3.63) is 23.7 Å². The average Bonchev–Trinajstić information content (AvgIpc) is 2.97. The molecule has 0 fully saturated rings. The molecule has 7 nitrogen and oxygen atoms in total. The van der Waals surface area contributed by atoms with E-state index in [4.69, 9.17) is 9.15 Å². The molecule has 0 radical (unpaired) electrons. The van der Waals surface area contributed by atoms with Crippen molar-refractivity contribution >= 4 is 35.8 Å². The molecule has 1 aromatic heterocycles. The summed E-state index contributed by atoms with van der Waals surface area (Å²) >= 11 is 0. The summed E-state index contributed by atoms with van der Waals surface area (Å²) in [4.78, 5) is 16.3. The first kappa shape index (κ1) is 22.7. The van der Waals surface area contributed by atoms with Gasteiger partial charge in [0.1, 0.15) is 0 Å². The van der Waals surface area contributed by atoms with E-state index in [2.05, 4.69) is 20.9 Å². The molecule has 0 aromatic carbocycles. The van der Waals surface area contributed by atoms with E-state index in [1.54, 1.807) is 6.07 Å². The third-order valence-corrected chi connectivity index (χ3v) is 3.05. The molecule has 138 valence electrons. The summed E-state index contributed by atoms with van der Waals surface area (Å²) in [5, 5.41) is 9.20. The van der Waals surface area contributed by atoms with Crippen molar-refractivity contribution in [1.82, 2.24) is 16.0 Å². The number of halogens is 1. The molecule has 1 rings (SSSR count). The first-order valence-corrected chi connectivity index (χ1v) is 8.11. The molecule has 24 heavy (non-hydrogen) atoms. The maximum absolute atomic E-state index is 11.8. The van der Waals surface area contributed by atoms with Gasteiger partial charge in [-0.2, -0.15) is 0 Å². The second kappa shape index (κ2) is 14.1. The summed E-state index contributed by atoms with van der Waals surface area (Å²) in [6.07, 6.45) is 2.28. The van der Waals surface area contributed by atoms with E-state index in [1.165, 1.54) is 6.26 Å². The summed E-state index contributed by atoms with van der Waals surface area (Å²) in [7, 11) is 0. The van der Waals surface area contributed by atoms with Crippen molar-refractivity contribution in [1.29, 1.82) is 0 Å². The predicted molar refractivity (Wildman–Crippen MR) is 106 cm³/mol. The third-order valence-electron chi connectivity index (χ3n) is 3.05. The standard InChI is InChI=1S/C16H28N4O3.HI/c1-4-17-16(20-10-12-22-5-2)19-9-6-8-18-15(21)14-13(3)7-11-23-14;/h7,11H,4-6,8-10,12H2,1-3H3,(H,18,21)(H2,17,19,20);1H. The molecule has 1 heterocycles. The van der Waals surface area contributed by atoms with E-state index in [9.17, 15) is 4.79 Å². The molecular weight excluding hydrogens is 423 g/mol. The van der Waals surface area contributed by atoms with Gasteiger partial charge in [0.2, 0.25) is 0 Å². The maximum Gasteiger partial charge on any atom is 0.287 e. The highest BCUT2D eigenvalue weighted by Gasteiger charge is 2.11. The maximum atomic E-state index is 11.8. The number of amides is 1. The van der Waals surface area contributed by atoms with Crippen LogP contribution in [-0.4, -0.2) is 51.3 Å². The van der Waals surface area contributed by atoms with E-state index in [-0.39, 0.29) is 29.9 Å². The smallest absolute Gasteiger partial charge is 0.287 e. The van der Waals surface area contributed by atoms with Gasteiger partial charge in [0.05, 0.1) is 12.9 Å². The summed E-state index contributed by atoms with van der Waals surface area (Å²) in [5.41, 5.74) is 0.841. The van der Waals surface area contributed by atoms with Gasteiger partial charge >= 0.3 is 0 Å².